The van der Waals surface area contributed by atoms with E-state index >= 15 is 0 Å². The number of hydrogen-bond donors (Lipinski definition) is 2. The van der Waals surface area contributed by atoms with Gasteiger partial charge in [0.05, 0.1) is 12.3 Å². The highest BCUT2D eigenvalue weighted by molar-refractivity contribution is 5.15. The molecule has 1 aromatic rings. The van der Waals surface area contributed by atoms with Gasteiger partial charge >= 0.3 is 0 Å². The number of hydrogen-bond acceptors (Lipinski definition) is 3. The molecule has 0 saturated carbocycles. The fourth-order valence-electron chi connectivity index (χ4n) is 0.835. The van der Waals surface area contributed by atoms with Crippen LogP contribution in [0.15, 0.2) is 18.3 Å². The summed E-state index contributed by atoms with van der Waals surface area (Å²) >= 11 is 0. The largest absolute Gasteiger partial charge is 0.393 e. The van der Waals surface area contributed by atoms with Crippen molar-refractivity contribution in [2.45, 2.75) is 13.0 Å². The smallest absolute Gasteiger partial charge is 0.119 e. The molecule has 0 radical (unpaired) electrons. The lowest BCUT2D eigenvalue weighted by molar-refractivity contribution is 0.0922. The van der Waals surface area contributed by atoms with Crippen LogP contribution in [-0.2, 0) is 0 Å². The van der Waals surface area contributed by atoms with E-state index in [-0.39, 0.29) is 6.61 Å². The van der Waals surface area contributed by atoms with E-state index in [0.717, 1.165) is 5.56 Å². The van der Waals surface area contributed by atoms with E-state index in [1.165, 1.54) is 0 Å². The molecule has 0 aliphatic rings. The van der Waals surface area contributed by atoms with Crippen LogP contribution in [0.25, 0.3) is 0 Å². The Kier molecular flexibility index (Phi) is 2.57. The van der Waals surface area contributed by atoms with Crippen LogP contribution in [0.1, 0.15) is 17.4 Å². The summed E-state index contributed by atoms with van der Waals surface area (Å²) in [5.74, 6) is 0. The van der Waals surface area contributed by atoms with Crippen LogP contribution in [0.5, 0.6) is 0 Å². The number of aliphatic hydroxyl groups excluding tert-OH is 2. The summed E-state index contributed by atoms with van der Waals surface area (Å²) in [7, 11) is 0. The molecule has 11 heavy (non-hydrogen) atoms. The third-order valence-electron chi connectivity index (χ3n) is 1.45. The average molecular weight is 153 g/mol. The molecule has 0 aromatic carbocycles. The SMILES string of the molecule is Cc1ccnc([C@@H](O)CO)c1. The zero-order valence-corrected chi connectivity index (χ0v) is 6.36. The number of nitrogens with zero attached hydrogens (tertiary/aromatic N) is 1. The molecule has 0 aliphatic heterocycles. The van der Waals surface area contributed by atoms with Crippen LogP contribution >= 0.6 is 0 Å². The van der Waals surface area contributed by atoms with Gasteiger partial charge < -0.3 is 10.2 Å². The fraction of sp³-hybridized carbons (Fsp3) is 0.375. The third-order valence-corrected chi connectivity index (χ3v) is 1.45. The van der Waals surface area contributed by atoms with Gasteiger partial charge in [0.25, 0.3) is 0 Å². The Morgan fingerprint density at radius 2 is 2.36 bits per heavy atom. The van der Waals surface area contributed by atoms with E-state index < -0.39 is 6.10 Å². The van der Waals surface area contributed by atoms with Crippen LogP contribution in [0, 0.1) is 6.92 Å². The Morgan fingerprint density at radius 3 is 2.91 bits per heavy atom. The van der Waals surface area contributed by atoms with Crippen molar-refractivity contribution >= 4 is 0 Å². The summed E-state index contributed by atoms with van der Waals surface area (Å²) in [5, 5.41) is 17.7. The van der Waals surface area contributed by atoms with E-state index in [4.69, 9.17) is 10.2 Å². The van der Waals surface area contributed by atoms with Gasteiger partial charge in [0.2, 0.25) is 0 Å². The third kappa shape index (κ3) is 2.00. The van der Waals surface area contributed by atoms with Gasteiger partial charge in [0, 0.05) is 6.20 Å². The quantitative estimate of drug-likeness (QED) is 0.647. The molecule has 1 atom stereocenters. The molecule has 0 saturated heterocycles. The zero-order chi connectivity index (χ0) is 8.27. The lowest BCUT2D eigenvalue weighted by Gasteiger charge is -2.05. The fourth-order valence-corrected chi connectivity index (χ4v) is 0.835. The minimum absolute atomic E-state index is 0.281. The molecule has 0 aliphatic carbocycles. The summed E-state index contributed by atoms with van der Waals surface area (Å²) in [6, 6.07) is 3.59. The van der Waals surface area contributed by atoms with Crippen molar-refractivity contribution < 1.29 is 10.2 Å². The average Bonchev–Trinajstić information content (AvgIpc) is 2.03. The molecular formula is C8H11NO2. The molecule has 1 heterocycles. The maximum atomic E-state index is 9.14. The number of rotatable bonds is 2. The first kappa shape index (κ1) is 8.17. The van der Waals surface area contributed by atoms with Gasteiger partial charge in [-0.15, -0.1) is 0 Å². The van der Waals surface area contributed by atoms with Crippen LogP contribution in [0.4, 0.5) is 0 Å². The molecule has 0 unspecified atom stereocenters. The molecule has 60 valence electrons. The number of aliphatic hydroxyl groups is 2. The van der Waals surface area contributed by atoms with Crippen LogP contribution in [0.3, 0.4) is 0 Å². The summed E-state index contributed by atoms with van der Waals surface area (Å²) in [4.78, 5) is 3.90. The van der Waals surface area contributed by atoms with Crippen molar-refractivity contribution in [2.24, 2.45) is 0 Å². The van der Waals surface area contributed by atoms with E-state index in [0.29, 0.717) is 5.69 Å². The summed E-state index contributed by atoms with van der Waals surface area (Å²) in [5.41, 5.74) is 1.55. The Labute approximate surface area is 65.3 Å². The predicted octanol–water partition coefficient (Wildman–Crippen LogP) is 0.416. The molecule has 0 bridgehead atoms. The lowest BCUT2D eigenvalue weighted by Crippen LogP contribution is -2.04. The second-order valence-corrected chi connectivity index (χ2v) is 2.46. The van der Waals surface area contributed by atoms with Gasteiger partial charge in [-0.2, -0.15) is 0 Å². The Balaban J connectivity index is 2.86. The highest BCUT2D eigenvalue weighted by atomic mass is 16.3. The molecule has 1 rings (SSSR count). The normalized spacial score (nSPS) is 13.0. The van der Waals surface area contributed by atoms with Crippen molar-refractivity contribution in [2.75, 3.05) is 6.61 Å². The van der Waals surface area contributed by atoms with Crippen LogP contribution < -0.4 is 0 Å². The Bertz CT molecular complexity index is 237. The highest BCUT2D eigenvalue weighted by Crippen LogP contribution is 2.09. The van der Waals surface area contributed by atoms with E-state index in [1.807, 2.05) is 13.0 Å². The van der Waals surface area contributed by atoms with E-state index in [2.05, 4.69) is 4.98 Å². The Hall–Kier alpha value is -0.930. The minimum Gasteiger partial charge on any atom is -0.393 e. The Morgan fingerprint density at radius 1 is 1.64 bits per heavy atom. The first-order valence-corrected chi connectivity index (χ1v) is 3.45. The van der Waals surface area contributed by atoms with E-state index in [1.54, 1.807) is 12.3 Å². The van der Waals surface area contributed by atoms with Gasteiger partial charge in [-0.3, -0.25) is 4.98 Å². The second kappa shape index (κ2) is 3.46. The molecule has 1 aromatic heterocycles. The van der Waals surface area contributed by atoms with Crippen molar-refractivity contribution in [3.8, 4) is 0 Å². The van der Waals surface area contributed by atoms with Gasteiger partial charge in [0.15, 0.2) is 0 Å². The molecule has 0 spiro atoms. The van der Waals surface area contributed by atoms with E-state index in [9.17, 15) is 0 Å². The van der Waals surface area contributed by atoms with Gasteiger partial charge in [-0.05, 0) is 24.6 Å². The monoisotopic (exact) mass is 153 g/mol. The maximum Gasteiger partial charge on any atom is 0.119 e. The first-order chi connectivity index (χ1) is 5.24. The molecule has 2 N–H and O–H groups in total. The van der Waals surface area contributed by atoms with Crippen LogP contribution in [0.2, 0.25) is 0 Å². The van der Waals surface area contributed by atoms with Crippen molar-refractivity contribution in [1.29, 1.82) is 0 Å². The van der Waals surface area contributed by atoms with Gasteiger partial charge in [0.1, 0.15) is 6.10 Å². The van der Waals surface area contributed by atoms with Gasteiger partial charge in [-0.25, -0.2) is 0 Å². The predicted molar refractivity (Wildman–Crippen MR) is 41.0 cm³/mol. The second-order valence-electron chi connectivity index (χ2n) is 2.46. The number of aryl methyl sites for hydroxylation is 1. The summed E-state index contributed by atoms with van der Waals surface area (Å²) < 4.78 is 0. The number of aromatic nitrogens is 1. The molecule has 0 fully saturated rings. The molecule has 3 nitrogen and oxygen atoms in total. The topological polar surface area (TPSA) is 53.4 Å². The maximum absolute atomic E-state index is 9.14. The molecule has 3 heteroatoms. The van der Waals surface area contributed by atoms with Crippen molar-refractivity contribution in [3.05, 3.63) is 29.6 Å². The summed E-state index contributed by atoms with van der Waals surface area (Å²) in [6.45, 7) is 1.63. The highest BCUT2D eigenvalue weighted by Gasteiger charge is 2.05. The summed E-state index contributed by atoms with van der Waals surface area (Å²) in [6.07, 6.45) is 0.763. The molecule has 0 amide bonds. The zero-order valence-electron chi connectivity index (χ0n) is 6.36. The van der Waals surface area contributed by atoms with Gasteiger partial charge in [-0.1, -0.05) is 0 Å². The minimum atomic E-state index is -0.852. The van der Waals surface area contributed by atoms with Crippen molar-refractivity contribution in [3.63, 3.8) is 0 Å². The first-order valence-electron chi connectivity index (χ1n) is 3.45. The van der Waals surface area contributed by atoms with Crippen LogP contribution in [-0.4, -0.2) is 21.8 Å². The standard InChI is InChI=1S/C8H11NO2/c1-6-2-3-9-7(4-6)8(11)5-10/h2-4,8,10-11H,5H2,1H3/t8-/m0/s1. The van der Waals surface area contributed by atoms with Crippen molar-refractivity contribution in [1.82, 2.24) is 4.98 Å². The number of pyridine rings is 1. The molecular weight excluding hydrogens is 142 g/mol. The lowest BCUT2D eigenvalue weighted by atomic mass is 10.2.